The van der Waals surface area contributed by atoms with Crippen LogP contribution in [0.1, 0.15) is 23.7 Å². The van der Waals surface area contributed by atoms with Crippen molar-refractivity contribution in [2.75, 3.05) is 0 Å². The van der Waals surface area contributed by atoms with Crippen LogP contribution in [0.3, 0.4) is 0 Å². The van der Waals surface area contributed by atoms with Crippen molar-refractivity contribution >= 4 is 27.4 Å². The van der Waals surface area contributed by atoms with E-state index in [9.17, 15) is 13.2 Å². The maximum Gasteiger partial charge on any atom is 0.270 e. The first-order chi connectivity index (χ1) is 12.8. The summed E-state index contributed by atoms with van der Waals surface area (Å²) in [5, 5.41) is 7.86. The number of rotatable bonds is 4. The smallest absolute Gasteiger partial charge is 0.270 e. The number of aromatic amines is 1. The number of nitrogens with zero attached hydrogens (tertiary/aromatic N) is 2. The number of allylic oxidation sites excluding steroid dienone is 1. The van der Waals surface area contributed by atoms with Crippen LogP contribution in [0.15, 0.2) is 55.2 Å². The number of fused-ring (bicyclic) bond motifs is 2. The molecule has 3 nitrogen and oxygen atoms in total. The molecule has 0 spiro atoms. The Balaban J connectivity index is 1.78. The Morgan fingerprint density at radius 2 is 1.96 bits per heavy atom. The summed E-state index contributed by atoms with van der Waals surface area (Å²) >= 11 is 0. The lowest BCUT2D eigenvalue weighted by Crippen LogP contribution is -2.12. The average molecular weight is 367 g/mol. The lowest BCUT2D eigenvalue weighted by molar-refractivity contribution is 0.0897. The second-order valence-electron chi connectivity index (χ2n) is 6.59. The van der Waals surface area contributed by atoms with E-state index in [0.29, 0.717) is 11.8 Å². The average Bonchev–Trinajstić information content (AvgIpc) is 3.04. The molecule has 27 heavy (non-hydrogen) atoms. The van der Waals surface area contributed by atoms with Gasteiger partial charge in [-0.2, -0.15) is 5.10 Å². The number of nitrogens with one attached hydrogen (secondary N) is 1. The molecule has 2 heterocycles. The van der Waals surface area contributed by atoms with E-state index in [0.717, 1.165) is 29.2 Å². The molecule has 4 rings (SSSR count). The predicted octanol–water partition coefficient (Wildman–Crippen LogP) is 5.51. The van der Waals surface area contributed by atoms with E-state index in [1.807, 2.05) is 6.07 Å². The van der Waals surface area contributed by atoms with Gasteiger partial charge in [0, 0.05) is 30.5 Å². The fourth-order valence-corrected chi connectivity index (χ4v) is 3.20. The van der Waals surface area contributed by atoms with Crippen molar-refractivity contribution in [1.82, 2.24) is 15.2 Å². The van der Waals surface area contributed by atoms with Crippen LogP contribution in [0.25, 0.3) is 27.4 Å². The van der Waals surface area contributed by atoms with Gasteiger partial charge in [0.15, 0.2) is 0 Å². The first-order valence-corrected chi connectivity index (χ1v) is 8.41. The van der Waals surface area contributed by atoms with Gasteiger partial charge in [-0.1, -0.05) is 24.8 Å². The molecule has 0 aliphatic rings. The third-order valence-corrected chi connectivity index (χ3v) is 4.65. The van der Waals surface area contributed by atoms with Crippen LogP contribution in [0.4, 0.5) is 13.2 Å². The van der Waals surface area contributed by atoms with E-state index < -0.39 is 11.7 Å². The maximum atomic E-state index is 14.4. The van der Waals surface area contributed by atoms with Gasteiger partial charge in [-0.3, -0.25) is 10.1 Å². The molecule has 0 atom stereocenters. The van der Waals surface area contributed by atoms with Gasteiger partial charge in [-0.25, -0.2) is 13.2 Å². The van der Waals surface area contributed by atoms with Crippen LogP contribution < -0.4 is 0 Å². The summed E-state index contributed by atoms with van der Waals surface area (Å²) in [4.78, 5) is 4.32. The molecule has 2 aromatic heterocycles. The van der Waals surface area contributed by atoms with Gasteiger partial charge in [-0.15, -0.1) is 0 Å². The number of halogens is 3. The van der Waals surface area contributed by atoms with Crippen molar-refractivity contribution in [3.63, 3.8) is 0 Å². The Morgan fingerprint density at radius 1 is 1.15 bits per heavy atom. The molecule has 4 aromatic rings. The highest BCUT2D eigenvalue weighted by Gasteiger charge is 2.28. The summed E-state index contributed by atoms with van der Waals surface area (Å²) in [7, 11) is 0. The zero-order valence-corrected chi connectivity index (χ0v) is 14.6. The normalized spacial score (nSPS) is 12.0. The van der Waals surface area contributed by atoms with Gasteiger partial charge in [0.1, 0.15) is 16.9 Å². The minimum Gasteiger partial charge on any atom is -0.279 e. The van der Waals surface area contributed by atoms with Crippen LogP contribution in [0, 0.1) is 5.82 Å². The summed E-state index contributed by atoms with van der Waals surface area (Å²) in [6, 6.07) is 11.3. The lowest BCUT2D eigenvalue weighted by atomic mass is 9.94. The largest absolute Gasteiger partial charge is 0.279 e. The molecule has 6 heteroatoms. The molecule has 0 fully saturated rings. The van der Waals surface area contributed by atoms with Gasteiger partial charge in [0.2, 0.25) is 0 Å². The Bertz CT molecular complexity index is 1170. The van der Waals surface area contributed by atoms with Crippen molar-refractivity contribution in [3.05, 3.63) is 77.9 Å². The SMILES string of the molecule is C=C(c1ccc(F)c2cc(Cc3[nH]nc4cccnc34)ccc12)C(C)(F)F. The summed E-state index contributed by atoms with van der Waals surface area (Å²) in [5.74, 6) is -3.54. The summed E-state index contributed by atoms with van der Waals surface area (Å²) in [5.41, 5.74) is 3.06. The molecule has 136 valence electrons. The molecule has 0 aliphatic heterocycles. The molecular formula is C21H16F3N3. The first kappa shape index (κ1) is 17.3. The highest BCUT2D eigenvalue weighted by atomic mass is 19.3. The molecular weight excluding hydrogens is 351 g/mol. The van der Waals surface area contributed by atoms with Crippen LogP contribution in [-0.2, 0) is 6.42 Å². The molecule has 0 saturated carbocycles. The monoisotopic (exact) mass is 367 g/mol. The maximum absolute atomic E-state index is 14.4. The molecule has 1 N–H and O–H groups in total. The number of hydrogen-bond acceptors (Lipinski definition) is 2. The molecule has 0 aliphatic carbocycles. The standard InChI is InChI=1S/C21H16F3N3/c1-12(21(2,23)24)14-7-8-17(22)16-10-13(5-6-15(14)16)11-19-20-18(26-27-19)4-3-9-25-20/h3-10H,1,11H2,2H3,(H,26,27). The number of pyridine rings is 1. The number of benzene rings is 2. The Labute approximate surface area is 153 Å². The molecule has 0 bridgehead atoms. The Kier molecular flexibility index (Phi) is 3.98. The Morgan fingerprint density at radius 3 is 2.74 bits per heavy atom. The quantitative estimate of drug-likeness (QED) is 0.517. The number of alkyl halides is 2. The number of hydrogen-bond donors (Lipinski definition) is 1. The number of aromatic nitrogens is 3. The molecule has 0 unspecified atom stereocenters. The van der Waals surface area contributed by atoms with Gasteiger partial charge in [0.25, 0.3) is 5.92 Å². The first-order valence-electron chi connectivity index (χ1n) is 8.41. The molecule has 0 radical (unpaired) electrons. The second kappa shape index (κ2) is 6.23. The topological polar surface area (TPSA) is 41.6 Å². The molecule has 2 aromatic carbocycles. The van der Waals surface area contributed by atoms with Crippen LogP contribution in [0.2, 0.25) is 0 Å². The van der Waals surface area contributed by atoms with Crippen molar-refractivity contribution < 1.29 is 13.2 Å². The van der Waals surface area contributed by atoms with Gasteiger partial charge < -0.3 is 0 Å². The highest BCUT2D eigenvalue weighted by Crippen LogP contribution is 2.36. The van der Waals surface area contributed by atoms with Gasteiger partial charge >= 0.3 is 0 Å². The lowest BCUT2D eigenvalue weighted by Gasteiger charge is -2.16. The van der Waals surface area contributed by atoms with E-state index in [4.69, 9.17) is 0 Å². The van der Waals surface area contributed by atoms with E-state index in [1.54, 1.807) is 30.5 Å². The van der Waals surface area contributed by atoms with E-state index in [-0.39, 0.29) is 16.5 Å². The molecule has 0 saturated heterocycles. The van der Waals surface area contributed by atoms with Crippen LogP contribution >= 0.6 is 0 Å². The van der Waals surface area contributed by atoms with Crippen molar-refractivity contribution in [1.29, 1.82) is 0 Å². The summed E-state index contributed by atoms with van der Waals surface area (Å²) in [6.07, 6.45) is 2.15. The zero-order chi connectivity index (χ0) is 19.2. The molecule has 0 amide bonds. The summed E-state index contributed by atoms with van der Waals surface area (Å²) in [6.45, 7) is 4.29. The van der Waals surface area contributed by atoms with Crippen molar-refractivity contribution in [2.45, 2.75) is 19.3 Å². The predicted molar refractivity (Wildman–Crippen MR) is 100 cm³/mol. The van der Waals surface area contributed by atoms with Crippen molar-refractivity contribution in [2.24, 2.45) is 0 Å². The van der Waals surface area contributed by atoms with Gasteiger partial charge in [-0.05, 0) is 40.8 Å². The van der Waals surface area contributed by atoms with Gasteiger partial charge in [0.05, 0.1) is 5.69 Å². The van der Waals surface area contributed by atoms with E-state index >= 15 is 0 Å². The minimum atomic E-state index is -3.08. The highest BCUT2D eigenvalue weighted by molar-refractivity contribution is 5.95. The van der Waals surface area contributed by atoms with E-state index in [1.165, 1.54) is 12.1 Å². The summed E-state index contributed by atoms with van der Waals surface area (Å²) < 4.78 is 41.8. The third-order valence-electron chi connectivity index (χ3n) is 4.65. The van der Waals surface area contributed by atoms with Crippen molar-refractivity contribution in [3.8, 4) is 0 Å². The van der Waals surface area contributed by atoms with Crippen LogP contribution in [0.5, 0.6) is 0 Å². The number of H-pyrrole nitrogens is 1. The van der Waals surface area contributed by atoms with E-state index in [2.05, 4.69) is 21.8 Å². The zero-order valence-electron chi connectivity index (χ0n) is 14.6. The third kappa shape index (κ3) is 3.07. The van der Waals surface area contributed by atoms with Crippen LogP contribution in [-0.4, -0.2) is 21.1 Å². The second-order valence-corrected chi connectivity index (χ2v) is 6.59. The Hall–Kier alpha value is -3.15. The minimum absolute atomic E-state index is 0.249. The fraction of sp³-hybridized carbons (Fsp3) is 0.143. The fourth-order valence-electron chi connectivity index (χ4n) is 3.20.